The number of fused-ring (bicyclic) bond motifs is 3. The van der Waals surface area contributed by atoms with Crippen molar-refractivity contribution in [1.82, 2.24) is 0 Å². The molecule has 1 fully saturated rings. The molecule has 2 atom stereocenters. The van der Waals surface area contributed by atoms with Crippen molar-refractivity contribution in [1.29, 1.82) is 0 Å². The molecule has 0 bridgehead atoms. The molecule has 3 aromatic rings. The van der Waals surface area contributed by atoms with Crippen molar-refractivity contribution in [3.63, 3.8) is 0 Å². The van der Waals surface area contributed by atoms with Crippen LogP contribution in [0.5, 0.6) is 0 Å². The van der Waals surface area contributed by atoms with E-state index in [-0.39, 0.29) is 36.4 Å². The van der Waals surface area contributed by atoms with E-state index in [0.29, 0.717) is 0 Å². The van der Waals surface area contributed by atoms with E-state index in [9.17, 15) is 0 Å². The molecule has 0 spiro atoms. The van der Waals surface area contributed by atoms with Gasteiger partial charge in [-0.1, -0.05) is 24.3 Å². The fourth-order valence-corrected chi connectivity index (χ4v) is 3.34. The van der Waals surface area contributed by atoms with Gasteiger partial charge in [-0.3, -0.25) is 0 Å². The molecule has 0 radical (unpaired) electrons. The molecule has 124 valence electrons. The molecule has 1 heterocycles. The van der Waals surface area contributed by atoms with E-state index in [0.717, 1.165) is 18.3 Å². The number of benzene rings is 1. The second kappa shape index (κ2) is 8.00. The minimum atomic E-state index is -0.193. The summed E-state index contributed by atoms with van der Waals surface area (Å²) in [6, 6.07) is 26.7. The van der Waals surface area contributed by atoms with E-state index >= 15 is 0 Å². The van der Waals surface area contributed by atoms with Crippen LogP contribution in [-0.2, 0) is 32.8 Å². The Hall–Kier alpha value is -1.58. The SMILES string of the molecule is [Fe].c1cc[cH-]c1.c1ccc2c(c1)CC[C@H]1OB(c3cc[cH-]c3)O[C@@H]21. The molecule has 24 heavy (non-hydrogen) atoms. The van der Waals surface area contributed by atoms with Crippen LogP contribution in [0, 0.1) is 0 Å². The molecule has 0 N–H and O–H groups in total. The summed E-state index contributed by atoms with van der Waals surface area (Å²) in [5, 5.41) is 0. The monoisotopic (exact) mass is 358 g/mol. The first-order valence-electron chi connectivity index (χ1n) is 8.19. The summed E-state index contributed by atoms with van der Waals surface area (Å²) in [6.07, 6.45) is 2.46. The predicted octanol–water partition coefficient (Wildman–Crippen LogP) is 3.61. The molecule has 4 heteroatoms. The summed E-state index contributed by atoms with van der Waals surface area (Å²) < 4.78 is 12.2. The van der Waals surface area contributed by atoms with Crippen LogP contribution in [0.1, 0.15) is 23.7 Å². The number of aryl methyl sites for hydroxylation is 1. The second-order valence-corrected chi connectivity index (χ2v) is 5.98. The minimum absolute atomic E-state index is 0. The smallest absolute Gasteiger partial charge is 0.407 e. The van der Waals surface area contributed by atoms with Crippen LogP contribution >= 0.6 is 0 Å². The predicted molar refractivity (Wildman–Crippen MR) is 92.9 cm³/mol. The molecular formula is C20H19BFeO2-2. The largest absolute Gasteiger partial charge is 0.413 e. The van der Waals surface area contributed by atoms with Gasteiger partial charge in [-0.05, 0) is 24.0 Å². The van der Waals surface area contributed by atoms with Crippen LogP contribution in [0.3, 0.4) is 0 Å². The van der Waals surface area contributed by atoms with Crippen molar-refractivity contribution in [2.75, 3.05) is 0 Å². The van der Waals surface area contributed by atoms with E-state index in [2.05, 4.69) is 36.4 Å². The van der Waals surface area contributed by atoms with Crippen LogP contribution in [0.2, 0.25) is 0 Å². The molecular weight excluding hydrogens is 339 g/mol. The third kappa shape index (κ3) is 3.58. The Kier molecular flexibility index (Phi) is 5.75. The summed E-state index contributed by atoms with van der Waals surface area (Å²) >= 11 is 0. The maximum Gasteiger partial charge on any atom is 0.407 e. The fraction of sp³-hybridized carbons (Fsp3) is 0.200. The van der Waals surface area contributed by atoms with Crippen molar-refractivity contribution in [3.05, 3.63) is 90.0 Å². The molecule has 0 aromatic heterocycles. The Balaban J connectivity index is 0.000000245. The van der Waals surface area contributed by atoms with Crippen molar-refractivity contribution in [2.24, 2.45) is 0 Å². The number of hydrogen-bond donors (Lipinski definition) is 0. The van der Waals surface area contributed by atoms with Crippen molar-refractivity contribution in [2.45, 2.75) is 25.0 Å². The molecule has 0 amide bonds. The van der Waals surface area contributed by atoms with Crippen LogP contribution in [0.15, 0.2) is 78.9 Å². The normalized spacial score (nSPS) is 21.1. The molecule has 1 aliphatic heterocycles. The van der Waals surface area contributed by atoms with Crippen LogP contribution < -0.4 is 5.46 Å². The number of hydrogen-bond acceptors (Lipinski definition) is 2. The third-order valence-corrected chi connectivity index (χ3v) is 4.48. The van der Waals surface area contributed by atoms with Gasteiger partial charge in [0.2, 0.25) is 0 Å². The van der Waals surface area contributed by atoms with Gasteiger partial charge in [-0.15, -0.1) is 0 Å². The summed E-state index contributed by atoms with van der Waals surface area (Å²) in [5.74, 6) is 0. The van der Waals surface area contributed by atoms with E-state index in [1.165, 1.54) is 11.1 Å². The van der Waals surface area contributed by atoms with Gasteiger partial charge in [0.15, 0.2) is 0 Å². The first-order chi connectivity index (χ1) is 11.4. The first-order valence-corrected chi connectivity index (χ1v) is 8.19. The van der Waals surface area contributed by atoms with Gasteiger partial charge < -0.3 is 9.31 Å². The van der Waals surface area contributed by atoms with Gasteiger partial charge in [0, 0.05) is 17.1 Å². The fourth-order valence-electron chi connectivity index (χ4n) is 3.34. The average molecular weight is 358 g/mol. The second-order valence-electron chi connectivity index (χ2n) is 5.98. The van der Waals surface area contributed by atoms with Gasteiger partial charge in [-0.25, -0.2) is 18.2 Å². The Bertz CT molecular complexity index is 707. The zero-order chi connectivity index (χ0) is 15.5. The summed E-state index contributed by atoms with van der Waals surface area (Å²) in [6.45, 7) is 0. The van der Waals surface area contributed by atoms with Crippen LogP contribution in [-0.4, -0.2) is 13.2 Å². The third-order valence-electron chi connectivity index (χ3n) is 4.48. The van der Waals surface area contributed by atoms with Gasteiger partial charge in [0.1, 0.15) is 0 Å². The number of rotatable bonds is 1. The van der Waals surface area contributed by atoms with Crippen molar-refractivity contribution in [3.8, 4) is 0 Å². The topological polar surface area (TPSA) is 18.5 Å². The molecule has 1 aliphatic carbocycles. The zero-order valence-electron chi connectivity index (χ0n) is 13.3. The standard InChI is InChI=1S/C15H14BO2.C5H5.Fe/c1-4-8-13-11(5-1)9-10-14-15(13)18-16(17-14)12-6-2-3-7-12;1-2-4-5-3-1;/h1-8,14-15H,9-10H2;1-5H;/q2*-1;/t14-,15+;;/m1../s1. The van der Waals surface area contributed by atoms with Gasteiger partial charge >= 0.3 is 7.12 Å². The maximum absolute atomic E-state index is 6.11. The molecule has 2 aliphatic rings. The van der Waals surface area contributed by atoms with E-state index in [1.807, 2.05) is 42.5 Å². The van der Waals surface area contributed by atoms with Gasteiger partial charge in [0.25, 0.3) is 0 Å². The Morgan fingerprint density at radius 1 is 0.917 bits per heavy atom. The molecule has 2 nitrogen and oxygen atoms in total. The van der Waals surface area contributed by atoms with Crippen molar-refractivity contribution >= 4 is 12.6 Å². The van der Waals surface area contributed by atoms with Crippen LogP contribution in [0.25, 0.3) is 0 Å². The molecule has 0 unspecified atom stereocenters. The molecule has 0 saturated carbocycles. The van der Waals surface area contributed by atoms with Crippen molar-refractivity contribution < 1.29 is 26.4 Å². The molecule has 3 aromatic carbocycles. The van der Waals surface area contributed by atoms with Crippen LogP contribution in [0.4, 0.5) is 0 Å². The first kappa shape index (κ1) is 17.3. The molecule has 1 saturated heterocycles. The van der Waals surface area contributed by atoms with Gasteiger partial charge in [-0.2, -0.15) is 41.9 Å². The van der Waals surface area contributed by atoms with E-state index < -0.39 is 0 Å². The van der Waals surface area contributed by atoms with E-state index in [1.54, 1.807) is 0 Å². The zero-order valence-corrected chi connectivity index (χ0v) is 14.4. The Labute approximate surface area is 154 Å². The molecule has 5 rings (SSSR count). The average Bonchev–Trinajstić information content (AvgIpc) is 3.37. The minimum Gasteiger partial charge on any atom is -0.413 e. The Morgan fingerprint density at radius 3 is 2.46 bits per heavy atom. The summed E-state index contributed by atoms with van der Waals surface area (Å²) in [4.78, 5) is 0. The quantitative estimate of drug-likeness (QED) is 0.489. The summed E-state index contributed by atoms with van der Waals surface area (Å²) in [5.41, 5.74) is 3.84. The summed E-state index contributed by atoms with van der Waals surface area (Å²) in [7, 11) is -0.193. The van der Waals surface area contributed by atoms with Gasteiger partial charge in [0.05, 0.1) is 12.2 Å². The maximum atomic E-state index is 6.11. The van der Waals surface area contributed by atoms with E-state index in [4.69, 9.17) is 9.31 Å². The Morgan fingerprint density at radius 2 is 1.75 bits per heavy atom.